The van der Waals surface area contributed by atoms with Gasteiger partial charge in [-0.2, -0.15) is 0 Å². The molecule has 0 saturated heterocycles. The first-order valence-corrected chi connectivity index (χ1v) is 0.651. The Kier molecular flexibility index (Phi) is 24.7. The van der Waals surface area contributed by atoms with Crippen LogP contribution in [-0.2, 0) is 17.1 Å². The fraction of sp³-hybridized carbons (Fsp3) is 0. The Hall–Kier alpha value is 1.05. The van der Waals surface area contributed by atoms with Crippen LogP contribution in [0.1, 0.15) is 0 Å². The summed E-state index contributed by atoms with van der Waals surface area (Å²) in [5.41, 5.74) is 0. The molecule has 0 aromatic rings. The molecule has 2 N–H and O–H groups in total. The molecular weight excluding hydrogens is 155 g/mol. The fourth-order valence-corrected chi connectivity index (χ4v) is 0. The van der Waals surface area contributed by atoms with E-state index in [2.05, 4.69) is 0 Å². The second-order valence-electron chi connectivity index (χ2n) is 0.283. The zero-order valence-corrected chi connectivity index (χ0v) is 3.36. The monoisotopic (exact) mass is 159 g/mol. The summed E-state index contributed by atoms with van der Waals surface area (Å²) in [5, 5.41) is 13.9. The van der Waals surface area contributed by atoms with Crippen molar-refractivity contribution in [1.82, 2.24) is 0 Å². The van der Waals surface area contributed by atoms with Gasteiger partial charge in [-0.05, 0) is 0 Å². The minimum atomic E-state index is -1.83. The van der Waals surface area contributed by atoms with E-state index >= 15 is 0 Å². The minimum Gasteiger partial charge on any atom is 0 e. The summed E-state index contributed by atoms with van der Waals surface area (Å²) in [6.07, 6.45) is -1.83. The molecule has 0 aliphatic carbocycles. The molecule has 0 rings (SSSR count). The van der Waals surface area contributed by atoms with Gasteiger partial charge in [0.1, 0.15) is 0 Å². The van der Waals surface area contributed by atoms with Crippen LogP contribution in [0.5, 0.6) is 0 Å². The fourth-order valence-electron chi connectivity index (χ4n) is 0. The predicted molar refractivity (Wildman–Crippen MR) is 19.2 cm³/mol. The Bertz CT molecular complexity index is 33.8. The molecule has 0 spiro atoms. The maximum atomic E-state index is 8.56. The average molecular weight is 159 g/mol. The summed E-state index contributed by atoms with van der Waals surface area (Å²) in [4.78, 5) is 8.56. The SMILES string of the molecule is O=C(O)O.[CaH2].[Mn]. The molecule has 5 heteroatoms. The van der Waals surface area contributed by atoms with Gasteiger partial charge in [-0.1, -0.05) is 0 Å². The maximum Gasteiger partial charge on any atom is 0 e. The standard InChI is InChI=1S/CH2O3.Ca.Mn.2H/c2-1(3)4;;;;/h(H2,2,3,4);;;;. The molecule has 0 bridgehead atoms. The van der Waals surface area contributed by atoms with Crippen LogP contribution >= 0.6 is 0 Å². The number of rotatable bonds is 0. The van der Waals surface area contributed by atoms with Gasteiger partial charge in [0.15, 0.2) is 0 Å². The number of carbonyl (C=O) groups is 1. The van der Waals surface area contributed by atoms with Gasteiger partial charge in [-0.15, -0.1) is 0 Å². The first kappa shape index (κ1) is 15.7. The topological polar surface area (TPSA) is 57.5 Å². The summed E-state index contributed by atoms with van der Waals surface area (Å²) >= 11 is 0. The molecule has 0 unspecified atom stereocenters. The van der Waals surface area contributed by atoms with Crippen LogP contribution in [0.25, 0.3) is 0 Å². The minimum absolute atomic E-state index is 0. The van der Waals surface area contributed by atoms with E-state index in [-0.39, 0.29) is 54.8 Å². The second kappa shape index (κ2) is 9.41. The average Bonchev–Trinajstić information content (AvgIpc) is 0.811. The van der Waals surface area contributed by atoms with E-state index in [9.17, 15) is 0 Å². The van der Waals surface area contributed by atoms with Crippen molar-refractivity contribution in [2.24, 2.45) is 0 Å². The summed E-state index contributed by atoms with van der Waals surface area (Å²) in [6.45, 7) is 0. The molecule has 0 saturated carbocycles. The van der Waals surface area contributed by atoms with Gasteiger partial charge in [-0.25, -0.2) is 4.79 Å². The maximum absolute atomic E-state index is 8.56. The molecule has 0 aliphatic heterocycles. The zero-order chi connectivity index (χ0) is 3.58. The molecule has 0 heterocycles. The van der Waals surface area contributed by atoms with Gasteiger partial charge in [0.05, 0.1) is 0 Å². The largest absolute Gasteiger partial charge is 0 e. The molecule has 0 aromatic carbocycles. The molecule has 0 atom stereocenters. The molecule has 0 fully saturated rings. The summed E-state index contributed by atoms with van der Waals surface area (Å²) < 4.78 is 0. The van der Waals surface area contributed by atoms with Crippen LogP contribution in [-0.4, -0.2) is 54.1 Å². The van der Waals surface area contributed by atoms with Crippen molar-refractivity contribution in [3.63, 3.8) is 0 Å². The summed E-state index contributed by atoms with van der Waals surface area (Å²) in [6, 6.07) is 0. The third-order valence-electron chi connectivity index (χ3n) is 0. The molecular formula is CH4CaMnO3. The van der Waals surface area contributed by atoms with Gasteiger partial charge in [0.2, 0.25) is 0 Å². The van der Waals surface area contributed by atoms with Gasteiger partial charge >= 0.3 is 43.9 Å². The van der Waals surface area contributed by atoms with E-state index in [1.165, 1.54) is 0 Å². The van der Waals surface area contributed by atoms with Crippen molar-refractivity contribution in [3.8, 4) is 0 Å². The molecule has 0 aromatic heterocycles. The molecule has 6 heavy (non-hydrogen) atoms. The van der Waals surface area contributed by atoms with E-state index < -0.39 is 6.16 Å². The van der Waals surface area contributed by atoms with E-state index in [4.69, 9.17) is 15.0 Å². The van der Waals surface area contributed by atoms with Crippen molar-refractivity contribution in [2.45, 2.75) is 0 Å². The van der Waals surface area contributed by atoms with E-state index in [0.717, 1.165) is 0 Å². The van der Waals surface area contributed by atoms with Crippen LogP contribution in [0, 0.1) is 0 Å². The Labute approximate surface area is 75.2 Å². The molecule has 0 amide bonds. The third kappa shape index (κ3) is 75.2. The first-order valence-electron chi connectivity index (χ1n) is 0.651. The van der Waals surface area contributed by atoms with Crippen LogP contribution < -0.4 is 0 Å². The molecule has 0 aliphatic rings. The number of carboxylic acid groups (broad SMARTS) is 2. The van der Waals surface area contributed by atoms with E-state index in [1.807, 2.05) is 0 Å². The smallest absolute Gasteiger partial charge is 0 e. The Morgan fingerprint density at radius 2 is 1.33 bits per heavy atom. The molecule has 3 nitrogen and oxygen atoms in total. The Morgan fingerprint density at radius 1 is 1.33 bits per heavy atom. The first-order chi connectivity index (χ1) is 1.73. The van der Waals surface area contributed by atoms with Crippen molar-refractivity contribution in [1.29, 1.82) is 0 Å². The van der Waals surface area contributed by atoms with Crippen LogP contribution in [0.15, 0.2) is 0 Å². The van der Waals surface area contributed by atoms with E-state index in [0.29, 0.717) is 0 Å². The van der Waals surface area contributed by atoms with Gasteiger partial charge in [0, 0.05) is 17.1 Å². The van der Waals surface area contributed by atoms with Crippen LogP contribution in [0.4, 0.5) is 4.79 Å². The molecule has 1 radical (unpaired) electrons. The van der Waals surface area contributed by atoms with Crippen molar-refractivity contribution in [3.05, 3.63) is 0 Å². The van der Waals surface area contributed by atoms with Crippen LogP contribution in [0.3, 0.4) is 0 Å². The second-order valence-corrected chi connectivity index (χ2v) is 0.283. The van der Waals surface area contributed by atoms with Gasteiger partial charge in [-0.3, -0.25) is 0 Å². The number of hydrogen-bond donors (Lipinski definition) is 2. The Balaban J connectivity index is -0.0000000450. The van der Waals surface area contributed by atoms with Crippen molar-refractivity contribution in [2.75, 3.05) is 0 Å². The Morgan fingerprint density at radius 3 is 1.33 bits per heavy atom. The van der Waals surface area contributed by atoms with Crippen LogP contribution in [0.2, 0.25) is 0 Å². The van der Waals surface area contributed by atoms with Crippen molar-refractivity contribution >= 4 is 43.9 Å². The molecule has 35 valence electrons. The predicted octanol–water partition coefficient (Wildman–Crippen LogP) is -0.696. The van der Waals surface area contributed by atoms with Crippen molar-refractivity contribution < 1.29 is 32.1 Å². The summed E-state index contributed by atoms with van der Waals surface area (Å²) in [7, 11) is 0. The quantitative estimate of drug-likeness (QED) is 0.459. The third-order valence-corrected chi connectivity index (χ3v) is 0. The zero-order valence-electron chi connectivity index (χ0n) is 2.18. The normalized spacial score (nSPS) is 4.00. The van der Waals surface area contributed by atoms with E-state index in [1.54, 1.807) is 0 Å². The van der Waals surface area contributed by atoms with Gasteiger partial charge in [0.25, 0.3) is 0 Å². The number of hydrogen-bond acceptors (Lipinski definition) is 1. The summed E-state index contributed by atoms with van der Waals surface area (Å²) in [5.74, 6) is 0. The van der Waals surface area contributed by atoms with Gasteiger partial charge < -0.3 is 10.2 Å².